The highest BCUT2D eigenvalue weighted by Crippen LogP contribution is 2.33. The first-order chi connectivity index (χ1) is 14.6. The van der Waals surface area contributed by atoms with Gasteiger partial charge >= 0.3 is 6.18 Å². The van der Waals surface area contributed by atoms with Gasteiger partial charge in [0.25, 0.3) is 0 Å². The van der Waals surface area contributed by atoms with E-state index >= 15 is 0 Å². The molecule has 1 fully saturated rings. The summed E-state index contributed by atoms with van der Waals surface area (Å²) in [4.78, 5) is 37.0. The molecule has 0 spiro atoms. The second-order valence-corrected chi connectivity index (χ2v) is 8.21. The monoisotopic (exact) mass is 460 g/mol. The molecule has 170 valence electrons. The van der Waals surface area contributed by atoms with Crippen LogP contribution >= 0.6 is 11.3 Å². The predicted octanol–water partition coefficient (Wildman–Crippen LogP) is 1.11. The molecule has 0 saturated carbocycles. The number of hydrogen-bond donors (Lipinski definition) is 3. The Bertz CT molecular complexity index is 959. The number of nitrogens with zero attached hydrogens (tertiary/aromatic N) is 4. The molecule has 3 heterocycles. The number of anilines is 2. The third kappa shape index (κ3) is 5.53. The zero-order valence-corrected chi connectivity index (χ0v) is 17.6. The quantitative estimate of drug-likeness (QED) is 0.565. The predicted molar refractivity (Wildman–Crippen MR) is 110 cm³/mol. The molecule has 0 aliphatic carbocycles. The maximum Gasteiger partial charge on any atom is 0.397 e. The Kier molecular flexibility index (Phi) is 6.84. The Hall–Kier alpha value is -2.67. The number of hydrogen-bond acceptors (Lipinski definition) is 8. The van der Waals surface area contributed by atoms with E-state index in [0.29, 0.717) is 23.7 Å². The molecular formula is C18H23F3N6O3S. The van der Waals surface area contributed by atoms with Crippen molar-refractivity contribution in [1.82, 2.24) is 14.9 Å². The van der Waals surface area contributed by atoms with Crippen molar-refractivity contribution in [2.75, 3.05) is 43.0 Å². The number of rotatable bonds is 7. The normalized spacial score (nSPS) is 15.9. The lowest BCUT2D eigenvalue weighted by molar-refractivity contribution is -0.161. The smallest absolute Gasteiger partial charge is 0.394 e. The molecule has 2 aromatic heterocycles. The number of aryl methyl sites for hydroxylation is 1. The van der Waals surface area contributed by atoms with Crippen molar-refractivity contribution in [2.24, 2.45) is 5.73 Å². The maximum atomic E-state index is 12.5. The summed E-state index contributed by atoms with van der Waals surface area (Å²) in [6.07, 6.45) is -5.23. The fourth-order valence-electron chi connectivity index (χ4n) is 3.25. The lowest BCUT2D eigenvalue weighted by atomic mass is 10.2. The van der Waals surface area contributed by atoms with E-state index in [2.05, 4.69) is 15.3 Å². The Morgan fingerprint density at radius 3 is 2.52 bits per heavy atom. The molecule has 0 aromatic carbocycles. The summed E-state index contributed by atoms with van der Waals surface area (Å²) in [5, 5.41) is 12.9. The number of nitrogens with two attached hydrogens (primary N) is 1. The number of primary amides is 1. The van der Waals surface area contributed by atoms with Gasteiger partial charge in [-0.15, -0.1) is 11.3 Å². The van der Waals surface area contributed by atoms with Crippen molar-refractivity contribution < 1.29 is 27.9 Å². The summed E-state index contributed by atoms with van der Waals surface area (Å²) in [5.74, 6) is -1.05. The second-order valence-electron chi connectivity index (χ2n) is 7.10. The van der Waals surface area contributed by atoms with E-state index in [1.165, 1.54) is 16.2 Å². The van der Waals surface area contributed by atoms with Crippen LogP contribution in [0.3, 0.4) is 0 Å². The van der Waals surface area contributed by atoms with Crippen LogP contribution in [0.15, 0.2) is 6.07 Å². The Balaban J connectivity index is 1.84. The summed E-state index contributed by atoms with van der Waals surface area (Å²) < 4.78 is 37.5. The zero-order chi connectivity index (χ0) is 22.8. The number of carbonyl (C=O) groups is 2. The molecule has 2 amide bonds. The number of piperazine rings is 1. The number of aliphatic hydroxyl groups excluding tert-OH is 1. The van der Waals surface area contributed by atoms with Gasteiger partial charge in [0.05, 0.1) is 12.0 Å². The van der Waals surface area contributed by atoms with Crippen molar-refractivity contribution in [1.29, 1.82) is 0 Å². The molecule has 3 rings (SSSR count). The minimum atomic E-state index is -4.54. The molecule has 0 unspecified atom stereocenters. The molecule has 0 bridgehead atoms. The number of thiophene rings is 1. The van der Waals surface area contributed by atoms with Crippen molar-refractivity contribution in [2.45, 2.75) is 32.0 Å². The van der Waals surface area contributed by atoms with E-state index in [1.807, 2.05) is 17.9 Å². The summed E-state index contributed by atoms with van der Waals surface area (Å²) >= 11 is 1.46. The molecule has 0 radical (unpaired) electrons. The summed E-state index contributed by atoms with van der Waals surface area (Å²) in [7, 11) is 0. The first-order valence-corrected chi connectivity index (χ1v) is 10.5. The van der Waals surface area contributed by atoms with Gasteiger partial charge in [-0.1, -0.05) is 6.92 Å². The van der Waals surface area contributed by atoms with Crippen molar-refractivity contribution in [3.63, 3.8) is 0 Å². The van der Waals surface area contributed by atoms with Crippen LogP contribution in [0.4, 0.5) is 24.9 Å². The molecule has 2 aromatic rings. The number of nitrogens with one attached hydrogen (secondary N) is 1. The van der Waals surface area contributed by atoms with Crippen LogP contribution in [0.5, 0.6) is 0 Å². The third-order valence-electron chi connectivity index (χ3n) is 4.89. The largest absolute Gasteiger partial charge is 0.397 e. The first-order valence-electron chi connectivity index (χ1n) is 9.68. The average molecular weight is 460 g/mol. The van der Waals surface area contributed by atoms with Gasteiger partial charge in [-0.25, -0.2) is 4.98 Å². The van der Waals surface area contributed by atoms with Crippen LogP contribution in [-0.4, -0.2) is 76.8 Å². The minimum Gasteiger partial charge on any atom is -0.394 e. The molecule has 4 N–H and O–H groups in total. The highest BCUT2D eigenvalue weighted by Gasteiger charge is 2.35. The Morgan fingerprint density at radius 2 is 1.97 bits per heavy atom. The standard InChI is InChI=1S/C18H23F3N6O3S/c1-2-10-7-11-15(24-17(25-16(11)31-10)23-12(9-28)14(22)30)27-5-3-26(4-6-27)13(29)8-18(19,20)21/h7,12,28H,2-6,8-9H2,1H3,(H2,22,30)(H,23,24,25)/t12-/m1/s1. The average Bonchev–Trinajstić information content (AvgIpc) is 3.13. The number of fused-ring (bicyclic) bond motifs is 1. The van der Waals surface area contributed by atoms with Crippen molar-refractivity contribution >= 4 is 45.1 Å². The fourth-order valence-corrected chi connectivity index (χ4v) is 4.21. The van der Waals surface area contributed by atoms with Crippen LogP contribution in [-0.2, 0) is 16.0 Å². The van der Waals surface area contributed by atoms with Gasteiger partial charge in [-0.05, 0) is 12.5 Å². The molecule has 1 saturated heterocycles. The lowest BCUT2D eigenvalue weighted by Crippen LogP contribution is -2.49. The van der Waals surface area contributed by atoms with E-state index in [4.69, 9.17) is 5.73 Å². The Morgan fingerprint density at radius 1 is 1.29 bits per heavy atom. The Labute approximate surface area is 180 Å². The number of aromatic nitrogens is 2. The molecule has 1 aliphatic heterocycles. The molecule has 13 heteroatoms. The van der Waals surface area contributed by atoms with Crippen LogP contribution in [0, 0.1) is 0 Å². The summed E-state index contributed by atoms with van der Waals surface area (Å²) in [6, 6.07) is 0.894. The number of carbonyl (C=O) groups excluding carboxylic acids is 2. The van der Waals surface area contributed by atoms with Crippen molar-refractivity contribution in [3.05, 3.63) is 10.9 Å². The van der Waals surface area contributed by atoms with E-state index in [-0.39, 0.29) is 19.0 Å². The van der Waals surface area contributed by atoms with Crippen LogP contribution in [0.25, 0.3) is 10.2 Å². The van der Waals surface area contributed by atoms with Gasteiger partial charge in [-0.2, -0.15) is 18.2 Å². The molecular weight excluding hydrogens is 437 g/mol. The van der Waals surface area contributed by atoms with E-state index in [1.54, 1.807) is 0 Å². The first kappa shape index (κ1) is 23.0. The second kappa shape index (κ2) is 9.22. The number of aliphatic hydroxyl groups is 1. The highest BCUT2D eigenvalue weighted by molar-refractivity contribution is 7.18. The maximum absolute atomic E-state index is 12.5. The molecule has 1 atom stereocenters. The van der Waals surface area contributed by atoms with Crippen LogP contribution in [0.2, 0.25) is 0 Å². The van der Waals surface area contributed by atoms with Gasteiger partial charge in [-0.3, -0.25) is 9.59 Å². The van der Waals surface area contributed by atoms with E-state index in [0.717, 1.165) is 16.7 Å². The molecule has 9 nitrogen and oxygen atoms in total. The fraction of sp³-hybridized carbons (Fsp3) is 0.556. The zero-order valence-electron chi connectivity index (χ0n) is 16.8. The van der Waals surface area contributed by atoms with Crippen LogP contribution < -0.4 is 16.0 Å². The van der Waals surface area contributed by atoms with Gasteiger partial charge in [0, 0.05) is 31.1 Å². The number of amides is 2. The van der Waals surface area contributed by atoms with Gasteiger partial charge < -0.3 is 26.0 Å². The topological polar surface area (TPSA) is 125 Å². The van der Waals surface area contributed by atoms with E-state index in [9.17, 15) is 27.9 Å². The number of alkyl halides is 3. The SMILES string of the molecule is CCc1cc2c(N3CCN(C(=O)CC(F)(F)F)CC3)nc(N[C@H](CO)C(N)=O)nc2s1. The minimum absolute atomic E-state index is 0.112. The van der Waals surface area contributed by atoms with Gasteiger partial charge in [0.15, 0.2) is 0 Å². The van der Waals surface area contributed by atoms with E-state index < -0.39 is 37.1 Å². The lowest BCUT2D eigenvalue weighted by Gasteiger charge is -2.36. The summed E-state index contributed by atoms with van der Waals surface area (Å²) in [5.41, 5.74) is 5.26. The highest BCUT2D eigenvalue weighted by atomic mass is 32.1. The van der Waals surface area contributed by atoms with Gasteiger partial charge in [0.1, 0.15) is 23.1 Å². The van der Waals surface area contributed by atoms with Crippen LogP contribution in [0.1, 0.15) is 18.2 Å². The third-order valence-corrected chi connectivity index (χ3v) is 6.06. The van der Waals surface area contributed by atoms with Gasteiger partial charge in [0.2, 0.25) is 17.8 Å². The summed E-state index contributed by atoms with van der Waals surface area (Å²) in [6.45, 7) is 2.33. The number of halogens is 3. The molecule has 1 aliphatic rings. The molecule has 31 heavy (non-hydrogen) atoms. The van der Waals surface area contributed by atoms with Crippen molar-refractivity contribution in [3.8, 4) is 0 Å².